The number of carbonyl (C=O) groups is 3. The lowest BCUT2D eigenvalue weighted by Crippen LogP contribution is -2.26. The Morgan fingerprint density at radius 2 is 1.38 bits per heavy atom. The molecule has 8 heteroatoms. The van der Waals surface area contributed by atoms with Crippen molar-refractivity contribution in [1.29, 1.82) is 0 Å². The van der Waals surface area contributed by atoms with E-state index in [0.717, 1.165) is 19.3 Å². The molecule has 0 aliphatic carbocycles. The third-order valence-electron chi connectivity index (χ3n) is 7.26. The molecule has 0 saturated heterocycles. The molecule has 0 aliphatic rings. The quantitative estimate of drug-likeness (QED) is 0.115. The van der Waals surface area contributed by atoms with Gasteiger partial charge in [-0.3, -0.25) is 9.59 Å². The Morgan fingerprint density at radius 3 is 2.07 bits per heavy atom. The van der Waals surface area contributed by atoms with Crippen molar-refractivity contribution in [3.05, 3.63) is 71.3 Å². The summed E-state index contributed by atoms with van der Waals surface area (Å²) in [4.78, 5) is 37.7. The first-order chi connectivity index (χ1) is 20.5. The van der Waals surface area contributed by atoms with Crippen molar-refractivity contribution in [1.82, 2.24) is 10.6 Å². The van der Waals surface area contributed by atoms with Crippen molar-refractivity contribution in [2.24, 2.45) is 0 Å². The van der Waals surface area contributed by atoms with Crippen molar-refractivity contribution >= 4 is 28.6 Å². The Bertz CT molecular complexity index is 1320. The molecule has 0 unspecified atom stereocenters. The molecule has 0 bridgehead atoms. The maximum Gasteiger partial charge on any atom is 0.344 e. The summed E-state index contributed by atoms with van der Waals surface area (Å²) in [6.07, 6.45) is 12.0. The highest BCUT2D eigenvalue weighted by molar-refractivity contribution is 6.06. The van der Waals surface area contributed by atoms with E-state index in [4.69, 9.17) is 9.47 Å². The van der Waals surface area contributed by atoms with Crippen molar-refractivity contribution in [3.63, 3.8) is 0 Å². The second kappa shape index (κ2) is 17.7. The molecule has 0 fully saturated rings. The molecule has 0 spiro atoms. The first-order valence-corrected chi connectivity index (χ1v) is 15.1. The van der Waals surface area contributed by atoms with Gasteiger partial charge in [-0.15, -0.1) is 0 Å². The van der Waals surface area contributed by atoms with E-state index in [1.54, 1.807) is 55.6 Å². The maximum atomic E-state index is 13.1. The van der Waals surface area contributed by atoms with E-state index in [9.17, 15) is 19.5 Å². The molecule has 0 heterocycles. The number of aromatic hydroxyl groups is 1. The van der Waals surface area contributed by atoms with Crippen LogP contribution in [0.2, 0.25) is 0 Å². The number of nitrogens with one attached hydrogen (secondary N) is 2. The molecular weight excluding hydrogens is 532 g/mol. The van der Waals surface area contributed by atoms with Crippen molar-refractivity contribution in [2.45, 2.75) is 77.7 Å². The minimum absolute atomic E-state index is 0.000134. The van der Waals surface area contributed by atoms with Gasteiger partial charge in [-0.25, -0.2) is 4.79 Å². The zero-order valence-electron chi connectivity index (χ0n) is 24.9. The van der Waals surface area contributed by atoms with Crippen LogP contribution in [-0.4, -0.2) is 43.2 Å². The van der Waals surface area contributed by atoms with Gasteiger partial charge in [0.15, 0.2) is 6.61 Å². The van der Waals surface area contributed by atoms with Crippen LogP contribution in [0.15, 0.2) is 54.6 Å². The normalized spacial score (nSPS) is 10.8. The second-order valence-electron chi connectivity index (χ2n) is 10.4. The fourth-order valence-corrected chi connectivity index (χ4v) is 4.87. The van der Waals surface area contributed by atoms with Gasteiger partial charge in [0.25, 0.3) is 11.8 Å². The summed E-state index contributed by atoms with van der Waals surface area (Å²) in [5, 5.41) is 17.2. The van der Waals surface area contributed by atoms with Crippen LogP contribution in [0.4, 0.5) is 0 Å². The zero-order valence-corrected chi connectivity index (χ0v) is 24.9. The second-order valence-corrected chi connectivity index (χ2v) is 10.4. The third kappa shape index (κ3) is 9.79. The Morgan fingerprint density at radius 1 is 0.762 bits per heavy atom. The summed E-state index contributed by atoms with van der Waals surface area (Å²) in [5.41, 5.74) is 1.08. The number of hydrogen-bond acceptors (Lipinski definition) is 6. The van der Waals surface area contributed by atoms with Crippen LogP contribution in [0, 0.1) is 0 Å². The minimum atomic E-state index is -0.543. The molecule has 3 aromatic carbocycles. The fraction of sp³-hybridized carbons (Fsp3) is 0.441. The van der Waals surface area contributed by atoms with Gasteiger partial charge in [0, 0.05) is 29.9 Å². The average Bonchev–Trinajstić information content (AvgIpc) is 3.02. The van der Waals surface area contributed by atoms with Gasteiger partial charge in [-0.05, 0) is 24.1 Å². The molecule has 3 N–H and O–H groups in total. The monoisotopic (exact) mass is 576 g/mol. The number of fused-ring (bicyclic) bond motifs is 1. The van der Waals surface area contributed by atoms with Gasteiger partial charge in [0.2, 0.25) is 0 Å². The summed E-state index contributed by atoms with van der Waals surface area (Å²) < 4.78 is 11.1. The van der Waals surface area contributed by atoms with E-state index in [1.807, 2.05) is 0 Å². The lowest BCUT2D eigenvalue weighted by molar-refractivity contribution is -0.146. The molecule has 0 atom stereocenters. The molecule has 0 saturated carbocycles. The Balaban J connectivity index is 1.53. The van der Waals surface area contributed by atoms with Crippen molar-refractivity contribution < 1.29 is 29.0 Å². The summed E-state index contributed by atoms with van der Waals surface area (Å²) in [6, 6.07) is 15.3. The zero-order chi connectivity index (χ0) is 30.2. The number of phenols is 1. The van der Waals surface area contributed by atoms with E-state index in [0.29, 0.717) is 28.5 Å². The predicted molar refractivity (Wildman–Crippen MR) is 165 cm³/mol. The van der Waals surface area contributed by atoms with Gasteiger partial charge in [0.05, 0.1) is 12.2 Å². The first-order valence-electron chi connectivity index (χ1n) is 15.1. The Kier molecular flexibility index (Phi) is 13.7. The number of unbranched alkanes of at least 4 members (excludes halogenated alkanes) is 9. The summed E-state index contributed by atoms with van der Waals surface area (Å²) in [6.45, 7) is 2.34. The van der Waals surface area contributed by atoms with E-state index in [1.165, 1.54) is 51.0 Å². The van der Waals surface area contributed by atoms with Crippen LogP contribution < -0.4 is 15.4 Å². The Hall–Kier alpha value is -4.07. The largest absolute Gasteiger partial charge is 0.506 e. The van der Waals surface area contributed by atoms with Crippen molar-refractivity contribution in [3.8, 4) is 11.5 Å². The van der Waals surface area contributed by atoms with Gasteiger partial charge >= 0.3 is 5.97 Å². The van der Waals surface area contributed by atoms with Gasteiger partial charge in [-0.1, -0.05) is 107 Å². The van der Waals surface area contributed by atoms with Crippen LogP contribution in [0.25, 0.3) is 10.8 Å². The number of ether oxygens (including phenoxy) is 2. The number of phenolic OH excluding ortho intramolecular Hbond substituents is 1. The molecule has 3 aromatic rings. The predicted octanol–water partition coefficient (Wildman–Crippen LogP) is 6.68. The first kappa shape index (κ1) is 32.4. The summed E-state index contributed by atoms with van der Waals surface area (Å²) in [7, 11) is 1.54. The number of esters is 1. The topological polar surface area (TPSA) is 114 Å². The van der Waals surface area contributed by atoms with Gasteiger partial charge < -0.3 is 25.2 Å². The van der Waals surface area contributed by atoms with E-state index in [-0.39, 0.29) is 36.1 Å². The van der Waals surface area contributed by atoms with E-state index in [2.05, 4.69) is 17.6 Å². The number of hydrogen-bond donors (Lipinski definition) is 3. The molecule has 42 heavy (non-hydrogen) atoms. The molecule has 3 rings (SSSR count). The number of carbonyl (C=O) groups excluding carboxylic acids is 3. The molecule has 0 radical (unpaired) electrons. The van der Waals surface area contributed by atoms with Crippen LogP contribution >= 0.6 is 0 Å². The van der Waals surface area contributed by atoms with Gasteiger partial charge in [-0.2, -0.15) is 0 Å². The smallest absolute Gasteiger partial charge is 0.344 e. The van der Waals surface area contributed by atoms with Crippen molar-refractivity contribution in [2.75, 3.05) is 20.3 Å². The van der Waals surface area contributed by atoms with Crippen LogP contribution in [-0.2, 0) is 16.1 Å². The fourth-order valence-electron chi connectivity index (χ4n) is 4.87. The SMILES string of the molecule is CCCCCCCCCCCCOC(=O)COc1cc(C(=O)NCc2ccccc2C(=O)NC)c(O)c2ccccc12. The lowest BCUT2D eigenvalue weighted by atomic mass is 10.0. The lowest BCUT2D eigenvalue weighted by Gasteiger charge is -2.15. The van der Waals surface area contributed by atoms with Crippen LogP contribution in [0.3, 0.4) is 0 Å². The molecule has 0 aliphatic heterocycles. The number of rotatable bonds is 18. The Labute approximate surface area is 248 Å². The van der Waals surface area contributed by atoms with Crippen LogP contribution in [0.5, 0.6) is 11.5 Å². The highest BCUT2D eigenvalue weighted by atomic mass is 16.6. The average molecular weight is 577 g/mol. The van der Waals surface area contributed by atoms with E-state index < -0.39 is 11.9 Å². The summed E-state index contributed by atoms with van der Waals surface area (Å²) >= 11 is 0. The molecule has 2 amide bonds. The van der Waals surface area contributed by atoms with Crippen LogP contribution in [0.1, 0.15) is 97.4 Å². The highest BCUT2D eigenvalue weighted by Gasteiger charge is 2.19. The number of amides is 2. The minimum Gasteiger partial charge on any atom is -0.506 e. The van der Waals surface area contributed by atoms with Gasteiger partial charge in [0.1, 0.15) is 11.5 Å². The molecule has 0 aromatic heterocycles. The maximum absolute atomic E-state index is 13.1. The molecule has 226 valence electrons. The number of benzene rings is 3. The van der Waals surface area contributed by atoms with E-state index >= 15 is 0 Å². The molecular formula is C34H44N2O6. The molecule has 8 nitrogen and oxygen atoms in total. The highest BCUT2D eigenvalue weighted by Crippen LogP contribution is 2.36. The third-order valence-corrected chi connectivity index (χ3v) is 7.26. The standard InChI is InChI=1S/C34H44N2O6/c1-3-4-5-6-7-8-9-10-11-16-21-41-31(37)24-42-30-22-29(32(38)28-20-15-14-19-27(28)30)34(40)36-23-25-17-12-13-18-26(25)33(39)35-2/h12-15,17-20,22,38H,3-11,16,21,23-24H2,1-2H3,(H,35,39)(H,36,40). The summed E-state index contributed by atoms with van der Waals surface area (Å²) in [5.74, 6) is -1.20.